The highest BCUT2D eigenvalue weighted by Crippen LogP contribution is 2.24. The van der Waals surface area contributed by atoms with Crippen molar-refractivity contribution >= 4 is 28.9 Å². The Balaban J connectivity index is 1.98. The zero-order valence-electron chi connectivity index (χ0n) is 16.1. The first-order chi connectivity index (χ1) is 13.4. The molecular weight excluding hydrogens is 362 g/mol. The Bertz CT molecular complexity index is 866. The number of aromatic nitrogens is 1. The van der Waals surface area contributed by atoms with E-state index in [1.165, 1.54) is 7.11 Å². The Labute approximate surface area is 163 Å². The molecule has 8 heteroatoms. The number of benzene rings is 1. The number of hydrogen-bond acceptors (Lipinski definition) is 6. The minimum absolute atomic E-state index is 0.0990. The lowest BCUT2D eigenvalue weighted by Crippen LogP contribution is -2.29. The molecule has 3 N–H and O–H groups in total. The topological polar surface area (TPSA) is 121 Å². The van der Waals surface area contributed by atoms with Crippen LogP contribution in [0.3, 0.4) is 0 Å². The number of nitrogens with zero attached hydrogens (tertiary/aromatic N) is 1. The minimum atomic E-state index is -0.556. The molecule has 0 fully saturated rings. The zero-order chi connectivity index (χ0) is 20.5. The minimum Gasteiger partial charge on any atom is -0.465 e. The summed E-state index contributed by atoms with van der Waals surface area (Å²) in [4.78, 5) is 39.3. The average Bonchev–Trinajstić information content (AvgIpc) is 2.68. The highest BCUT2D eigenvalue weighted by Gasteiger charge is 2.20. The number of rotatable bonds is 9. The maximum absolute atomic E-state index is 12.2. The van der Waals surface area contributed by atoms with Crippen molar-refractivity contribution in [3.05, 3.63) is 41.1 Å². The van der Waals surface area contributed by atoms with Gasteiger partial charge in [-0.25, -0.2) is 14.6 Å². The number of ether oxygens (including phenoxy) is 2. The van der Waals surface area contributed by atoms with Crippen molar-refractivity contribution in [3.8, 4) is 0 Å². The third kappa shape index (κ3) is 5.67. The summed E-state index contributed by atoms with van der Waals surface area (Å²) < 4.78 is 10.2. The Hall–Kier alpha value is -3.16. The molecule has 8 nitrogen and oxygen atoms in total. The molecule has 2 rings (SSSR count). The number of nitrogens with two attached hydrogens (primary N) is 1. The second kappa shape index (κ2) is 10.2. The van der Waals surface area contributed by atoms with Gasteiger partial charge in [-0.05, 0) is 31.4 Å². The van der Waals surface area contributed by atoms with Gasteiger partial charge >= 0.3 is 18.0 Å². The van der Waals surface area contributed by atoms with Crippen molar-refractivity contribution in [3.63, 3.8) is 0 Å². The molecule has 1 heterocycles. The van der Waals surface area contributed by atoms with Crippen LogP contribution in [0.15, 0.2) is 24.3 Å². The molecular formula is C20H25N3O5. The number of primary amides is 1. The van der Waals surface area contributed by atoms with Gasteiger partial charge in [-0.1, -0.05) is 24.6 Å². The average molecular weight is 387 g/mol. The van der Waals surface area contributed by atoms with Crippen LogP contribution in [0.4, 0.5) is 4.79 Å². The Kier molecular flexibility index (Phi) is 7.74. The number of hydrogen-bond donors (Lipinski definition) is 2. The first kappa shape index (κ1) is 21.1. The molecule has 0 saturated heterocycles. The Morgan fingerprint density at radius 1 is 1.14 bits per heavy atom. The third-order valence-electron chi connectivity index (χ3n) is 4.34. The van der Waals surface area contributed by atoms with Crippen LogP contribution in [-0.2, 0) is 20.9 Å². The molecule has 0 aliphatic rings. The first-order valence-corrected chi connectivity index (χ1v) is 9.09. The Morgan fingerprint density at radius 2 is 1.89 bits per heavy atom. The van der Waals surface area contributed by atoms with Gasteiger partial charge in [-0.3, -0.25) is 4.79 Å². The Morgan fingerprint density at radius 3 is 2.61 bits per heavy atom. The highest BCUT2D eigenvalue weighted by molar-refractivity contribution is 5.98. The molecule has 0 unspecified atom stereocenters. The SMILES string of the molecule is COC(=O)c1c(COC(=O)CCCCCNC(N)=O)nc2ccccc2c1C. The van der Waals surface area contributed by atoms with Crippen molar-refractivity contribution in [2.75, 3.05) is 13.7 Å². The molecule has 0 atom stereocenters. The summed E-state index contributed by atoms with van der Waals surface area (Å²) in [5, 5.41) is 3.34. The van der Waals surface area contributed by atoms with E-state index in [4.69, 9.17) is 15.2 Å². The predicted molar refractivity (Wildman–Crippen MR) is 104 cm³/mol. The van der Waals surface area contributed by atoms with Gasteiger partial charge < -0.3 is 20.5 Å². The van der Waals surface area contributed by atoms with Crippen LogP contribution >= 0.6 is 0 Å². The highest BCUT2D eigenvalue weighted by atomic mass is 16.5. The number of carbonyl (C=O) groups is 3. The lowest BCUT2D eigenvalue weighted by molar-refractivity contribution is -0.145. The molecule has 1 aromatic carbocycles. The van der Waals surface area contributed by atoms with E-state index < -0.39 is 12.0 Å². The molecule has 0 bridgehead atoms. The normalized spacial score (nSPS) is 10.5. The van der Waals surface area contributed by atoms with Gasteiger partial charge in [-0.15, -0.1) is 0 Å². The molecule has 150 valence electrons. The first-order valence-electron chi connectivity index (χ1n) is 9.09. The van der Waals surface area contributed by atoms with Crippen LogP contribution in [0.2, 0.25) is 0 Å². The third-order valence-corrected chi connectivity index (χ3v) is 4.34. The number of fused-ring (bicyclic) bond motifs is 1. The molecule has 0 aliphatic heterocycles. The summed E-state index contributed by atoms with van der Waals surface area (Å²) in [6.07, 6.45) is 2.37. The predicted octanol–water partition coefficient (Wildman–Crippen LogP) is 2.60. The van der Waals surface area contributed by atoms with Gasteiger partial charge in [0.15, 0.2) is 0 Å². The number of urea groups is 1. The van der Waals surface area contributed by atoms with Crippen LogP contribution in [0.1, 0.15) is 47.3 Å². The number of methoxy groups -OCH3 is 1. The van der Waals surface area contributed by atoms with Gasteiger partial charge in [0.2, 0.25) is 0 Å². The lowest BCUT2D eigenvalue weighted by atomic mass is 10.0. The summed E-state index contributed by atoms with van der Waals surface area (Å²) in [5.74, 6) is -0.880. The van der Waals surface area contributed by atoms with E-state index in [0.717, 1.165) is 29.3 Å². The van der Waals surface area contributed by atoms with Crippen LogP contribution < -0.4 is 11.1 Å². The van der Waals surface area contributed by atoms with Gasteiger partial charge in [-0.2, -0.15) is 0 Å². The van der Waals surface area contributed by atoms with E-state index in [0.29, 0.717) is 24.2 Å². The molecule has 0 spiro atoms. The summed E-state index contributed by atoms with van der Waals surface area (Å²) in [7, 11) is 1.31. The van der Waals surface area contributed by atoms with E-state index >= 15 is 0 Å². The zero-order valence-corrected chi connectivity index (χ0v) is 16.1. The smallest absolute Gasteiger partial charge is 0.340 e. The van der Waals surface area contributed by atoms with Crippen LogP contribution in [0.25, 0.3) is 10.9 Å². The number of amides is 2. The van der Waals surface area contributed by atoms with E-state index in [-0.39, 0.29) is 19.0 Å². The molecule has 28 heavy (non-hydrogen) atoms. The summed E-state index contributed by atoms with van der Waals surface area (Å²) >= 11 is 0. The van der Waals surface area contributed by atoms with E-state index in [2.05, 4.69) is 10.3 Å². The quantitative estimate of drug-likeness (QED) is 0.504. The van der Waals surface area contributed by atoms with Gasteiger partial charge in [0.1, 0.15) is 6.61 Å². The summed E-state index contributed by atoms with van der Waals surface area (Å²) in [6.45, 7) is 2.20. The number of aryl methyl sites for hydroxylation is 1. The molecule has 0 saturated carbocycles. The van der Waals surface area contributed by atoms with Crippen LogP contribution in [0, 0.1) is 6.92 Å². The number of nitrogens with one attached hydrogen (secondary N) is 1. The second-order valence-electron chi connectivity index (χ2n) is 6.33. The number of carbonyl (C=O) groups excluding carboxylic acids is 3. The fourth-order valence-corrected chi connectivity index (χ4v) is 2.92. The van der Waals surface area contributed by atoms with Crippen LogP contribution in [-0.4, -0.2) is 36.6 Å². The van der Waals surface area contributed by atoms with Crippen molar-refractivity contribution in [1.82, 2.24) is 10.3 Å². The fraction of sp³-hybridized carbons (Fsp3) is 0.400. The number of unbranched alkanes of at least 4 members (excludes halogenated alkanes) is 2. The van der Waals surface area contributed by atoms with Crippen molar-refractivity contribution in [2.24, 2.45) is 5.73 Å². The number of para-hydroxylation sites is 1. The fourth-order valence-electron chi connectivity index (χ4n) is 2.92. The largest absolute Gasteiger partial charge is 0.465 e. The van der Waals surface area contributed by atoms with Crippen molar-refractivity contribution < 1.29 is 23.9 Å². The standard InChI is InChI=1S/C20H25N3O5/c1-13-14-8-5-6-9-15(14)23-16(18(13)19(25)27-2)12-28-17(24)10-4-3-7-11-22-20(21)26/h5-6,8-9H,3-4,7,10-12H2,1-2H3,(H3,21,22,26). The maximum Gasteiger partial charge on any atom is 0.340 e. The molecule has 0 radical (unpaired) electrons. The number of pyridine rings is 1. The second-order valence-corrected chi connectivity index (χ2v) is 6.33. The molecule has 0 aliphatic carbocycles. The van der Waals surface area contributed by atoms with E-state index in [9.17, 15) is 14.4 Å². The number of esters is 2. The van der Waals surface area contributed by atoms with Crippen LogP contribution in [0.5, 0.6) is 0 Å². The van der Waals surface area contributed by atoms with Crippen molar-refractivity contribution in [2.45, 2.75) is 39.2 Å². The summed E-state index contributed by atoms with van der Waals surface area (Å²) in [5.41, 5.74) is 7.14. The summed E-state index contributed by atoms with van der Waals surface area (Å²) in [6, 6.07) is 6.90. The molecule has 1 aromatic heterocycles. The van der Waals surface area contributed by atoms with Gasteiger partial charge in [0, 0.05) is 18.4 Å². The monoisotopic (exact) mass is 387 g/mol. The molecule has 2 aromatic rings. The van der Waals surface area contributed by atoms with E-state index in [1.807, 2.05) is 31.2 Å². The molecule has 2 amide bonds. The maximum atomic E-state index is 12.2. The van der Waals surface area contributed by atoms with Gasteiger partial charge in [0.25, 0.3) is 0 Å². The van der Waals surface area contributed by atoms with Gasteiger partial charge in [0.05, 0.1) is 23.9 Å². The van der Waals surface area contributed by atoms with Crippen molar-refractivity contribution in [1.29, 1.82) is 0 Å². The van der Waals surface area contributed by atoms with E-state index in [1.54, 1.807) is 0 Å². The lowest BCUT2D eigenvalue weighted by Gasteiger charge is -2.13.